The summed E-state index contributed by atoms with van der Waals surface area (Å²) in [7, 11) is 3.25. The molecule has 7 nitrogen and oxygen atoms in total. The van der Waals surface area contributed by atoms with Crippen molar-refractivity contribution in [3.63, 3.8) is 0 Å². The second-order valence-electron chi connectivity index (χ2n) is 11.4. The van der Waals surface area contributed by atoms with Crippen molar-refractivity contribution in [2.45, 2.75) is 59.9 Å². The van der Waals surface area contributed by atoms with Gasteiger partial charge < -0.3 is 24.2 Å². The lowest BCUT2D eigenvalue weighted by Gasteiger charge is -2.31. The van der Waals surface area contributed by atoms with Gasteiger partial charge in [-0.05, 0) is 79.4 Å². The second kappa shape index (κ2) is 14.0. The van der Waals surface area contributed by atoms with Crippen LogP contribution in [0.3, 0.4) is 0 Å². The van der Waals surface area contributed by atoms with Crippen molar-refractivity contribution in [1.29, 1.82) is 0 Å². The van der Waals surface area contributed by atoms with E-state index in [0.29, 0.717) is 44.0 Å². The van der Waals surface area contributed by atoms with Crippen molar-refractivity contribution < 1.29 is 19.1 Å². The molecule has 1 aromatic heterocycles. The molecule has 1 saturated heterocycles. The molecule has 2 aromatic rings. The maximum absolute atomic E-state index is 13.8. The van der Waals surface area contributed by atoms with Gasteiger partial charge in [0.1, 0.15) is 0 Å². The molecule has 38 heavy (non-hydrogen) atoms. The first kappa shape index (κ1) is 30.0. The second-order valence-corrected chi connectivity index (χ2v) is 12.4. The fraction of sp³-hybridized carbons (Fsp3) is 0.600. The maximum Gasteiger partial charge on any atom is 0.242 e. The fourth-order valence-electron chi connectivity index (χ4n) is 4.72. The van der Waals surface area contributed by atoms with Gasteiger partial charge in [0.15, 0.2) is 11.5 Å². The van der Waals surface area contributed by atoms with Crippen molar-refractivity contribution >= 4 is 23.2 Å². The van der Waals surface area contributed by atoms with Crippen LogP contribution in [0.5, 0.6) is 11.5 Å². The predicted octanol–water partition coefficient (Wildman–Crippen LogP) is 5.01. The van der Waals surface area contributed by atoms with E-state index in [1.165, 1.54) is 23.3 Å². The van der Waals surface area contributed by atoms with E-state index < -0.39 is 0 Å². The highest BCUT2D eigenvalue weighted by molar-refractivity contribution is 7.10. The molecule has 0 N–H and O–H groups in total. The molecule has 8 heteroatoms. The molecule has 2 amide bonds. The van der Waals surface area contributed by atoms with Gasteiger partial charge >= 0.3 is 0 Å². The van der Waals surface area contributed by atoms with E-state index in [2.05, 4.69) is 44.0 Å². The number of methoxy groups -OCH3 is 2. The molecule has 0 atom stereocenters. The van der Waals surface area contributed by atoms with Gasteiger partial charge in [-0.1, -0.05) is 26.8 Å². The number of likely N-dealkylation sites (tertiary alicyclic amines) is 1. The van der Waals surface area contributed by atoms with Crippen molar-refractivity contribution in [1.82, 2.24) is 14.7 Å². The van der Waals surface area contributed by atoms with Crippen LogP contribution in [0.15, 0.2) is 29.6 Å². The predicted molar refractivity (Wildman–Crippen MR) is 154 cm³/mol. The van der Waals surface area contributed by atoms with Crippen LogP contribution in [0.25, 0.3) is 0 Å². The Hall–Kier alpha value is -2.58. The van der Waals surface area contributed by atoms with Crippen LogP contribution in [0.4, 0.5) is 0 Å². The first-order valence-electron chi connectivity index (χ1n) is 13.6. The summed E-state index contributed by atoms with van der Waals surface area (Å²) >= 11 is 1.67. The quantitative estimate of drug-likeness (QED) is 0.356. The van der Waals surface area contributed by atoms with E-state index in [1.54, 1.807) is 30.5 Å². The molecule has 210 valence electrons. The smallest absolute Gasteiger partial charge is 0.242 e. The average molecular weight is 544 g/mol. The Morgan fingerprint density at radius 3 is 2.29 bits per heavy atom. The highest BCUT2D eigenvalue weighted by Crippen LogP contribution is 2.28. The minimum Gasteiger partial charge on any atom is -0.493 e. The summed E-state index contributed by atoms with van der Waals surface area (Å²) in [6.07, 6.45) is 3.52. The third-order valence-corrected chi connectivity index (χ3v) is 8.03. The minimum atomic E-state index is -0.132. The minimum absolute atomic E-state index is 0.0121. The monoisotopic (exact) mass is 543 g/mol. The van der Waals surface area contributed by atoms with Crippen molar-refractivity contribution in [3.05, 3.63) is 45.6 Å². The Morgan fingerprint density at radius 2 is 1.68 bits per heavy atom. The molecule has 0 saturated carbocycles. The number of carbonyl (C=O) groups is 2. The summed E-state index contributed by atoms with van der Waals surface area (Å²) in [6.45, 7) is 13.1. The van der Waals surface area contributed by atoms with Crippen LogP contribution in [0.1, 0.15) is 56.0 Å². The van der Waals surface area contributed by atoms with Crippen molar-refractivity contribution in [3.8, 4) is 11.5 Å². The number of carbonyl (C=O) groups excluding carboxylic acids is 2. The van der Waals surface area contributed by atoms with Gasteiger partial charge in [0.25, 0.3) is 0 Å². The van der Waals surface area contributed by atoms with Crippen LogP contribution < -0.4 is 9.47 Å². The zero-order chi connectivity index (χ0) is 27.7. The number of aryl methyl sites for hydroxylation is 1. The summed E-state index contributed by atoms with van der Waals surface area (Å²) in [5.74, 6) is 1.40. The van der Waals surface area contributed by atoms with E-state index in [4.69, 9.17) is 9.47 Å². The number of nitrogens with zero attached hydrogens (tertiary/aromatic N) is 3. The van der Waals surface area contributed by atoms with Crippen LogP contribution in [-0.2, 0) is 22.6 Å². The number of ether oxygens (including phenoxy) is 2. The van der Waals surface area contributed by atoms with Gasteiger partial charge in [-0.3, -0.25) is 9.59 Å². The SMILES string of the molecule is COc1ccc(CCN(Cc2sccc2C)C(=O)CN(CCN2CCCC2)C(=O)CC(C)(C)C)cc1OC. The highest BCUT2D eigenvalue weighted by atomic mass is 32.1. The van der Waals surface area contributed by atoms with Crippen molar-refractivity contribution in [2.75, 3.05) is 53.5 Å². The lowest BCUT2D eigenvalue weighted by molar-refractivity contribution is -0.142. The van der Waals surface area contributed by atoms with Crippen LogP contribution >= 0.6 is 11.3 Å². The molecule has 1 aromatic carbocycles. The molecule has 0 spiro atoms. The molecule has 1 aliphatic heterocycles. The molecule has 0 unspecified atom stereocenters. The van der Waals surface area contributed by atoms with Gasteiger partial charge in [-0.15, -0.1) is 11.3 Å². The number of amides is 2. The largest absolute Gasteiger partial charge is 0.493 e. The number of benzene rings is 1. The number of rotatable bonds is 13. The molecule has 0 aliphatic carbocycles. The van der Waals surface area contributed by atoms with Crippen LogP contribution in [0.2, 0.25) is 0 Å². The average Bonchev–Trinajstić information content (AvgIpc) is 3.54. The number of thiophene rings is 1. The Morgan fingerprint density at radius 1 is 0.974 bits per heavy atom. The third-order valence-electron chi connectivity index (χ3n) is 7.02. The molecule has 2 heterocycles. The Labute approximate surface area is 232 Å². The molecule has 3 rings (SSSR count). The summed E-state index contributed by atoms with van der Waals surface area (Å²) in [6, 6.07) is 7.96. The molecule has 0 bridgehead atoms. The zero-order valence-electron chi connectivity index (χ0n) is 24.0. The lowest BCUT2D eigenvalue weighted by atomic mass is 9.91. The van der Waals surface area contributed by atoms with E-state index in [9.17, 15) is 9.59 Å². The van der Waals surface area contributed by atoms with Gasteiger partial charge in [-0.25, -0.2) is 0 Å². The van der Waals surface area contributed by atoms with E-state index in [1.807, 2.05) is 23.1 Å². The molecule has 1 fully saturated rings. The Bertz CT molecular complexity index is 1060. The van der Waals surface area contributed by atoms with Gasteiger partial charge in [0, 0.05) is 30.9 Å². The normalized spacial score (nSPS) is 13.9. The van der Waals surface area contributed by atoms with Gasteiger partial charge in [0.05, 0.1) is 27.3 Å². The van der Waals surface area contributed by atoms with E-state index in [0.717, 1.165) is 25.2 Å². The molecule has 1 aliphatic rings. The number of hydrogen-bond acceptors (Lipinski definition) is 6. The fourth-order valence-corrected chi connectivity index (χ4v) is 5.64. The summed E-state index contributed by atoms with van der Waals surface area (Å²) in [5.41, 5.74) is 2.12. The highest BCUT2D eigenvalue weighted by Gasteiger charge is 2.26. The zero-order valence-corrected chi connectivity index (χ0v) is 24.9. The number of hydrogen-bond donors (Lipinski definition) is 0. The van der Waals surface area contributed by atoms with Gasteiger partial charge in [0.2, 0.25) is 11.8 Å². The molecule has 0 radical (unpaired) electrons. The first-order chi connectivity index (χ1) is 18.1. The summed E-state index contributed by atoms with van der Waals surface area (Å²) in [5, 5.41) is 2.07. The lowest BCUT2D eigenvalue weighted by Crippen LogP contribution is -2.46. The third kappa shape index (κ3) is 9.02. The Balaban J connectivity index is 1.75. The maximum atomic E-state index is 13.8. The van der Waals surface area contributed by atoms with Crippen LogP contribution in [-0.4, -0.2) is 80.0 Å². The van der Waals surface area contributed by atoms with Crippen LogP contribution in [0, 0.1) is 12.3 Å². The standard InChI is InChI=1S/C30H45N3O4S/c1-23-12-18-38-27(23)21-32(15-11-24-9-10-25(36-5)26(19-24)37-6)29(35)22-33(28(34)20-30(2,3)4)17-16-31-13-7-8-14-31/h9-10,12,18-19H,7-8,11,13-17,20-22H2,1-6H3. The van der Waals surface area contributed by atoms with Crippen molar-refractivity contribution in [2.24, 2.45) is 5.41 Å². The summed E-state index contributed by atoms with van der Waals surface area (Å²) < 4.78 is 10.8. The summed E-state index contributed by atoms with van der Waals surface area (Å²) in [4.78, 5) is 34.4. The topological polar surface area (TPSA) is 62.3 Å². The molecular formula is C30H45N3O4S. The first-order valence-corrected chi connectivity index (χ1v) is 14.5. The van der Waals surface area contributed by atoms with Gasteiger partial charge in [-0.2, -0.15) is 0 Å². The van der Waals surface area contributed by atoms with E-state index >= 15 is 0 Å². The molecular weight excluding hydrogens is 498 g/mol. The Kier molecular flexibility index (Phi) is 11.0. The van der Waals surface area contributed by atoms with E-state index in [-0.39, 0.29) is 23.8 Å².